The SMILES string of the molecule is CC(I)C(C)OC(=O)OC(C)(C)C. The van der Waals surface area contributed by atoms with Crippen LogP contribution in [0.25, 0.3) is 0 Å². The lowest BCUT2D eigenvalue weighted by Crippen LogP contribution is -2.29. The summed E-state index contributed by atoms with van der Waals surface area (Å²) >= 11 is 2.21. The van der Waals surface area contributed by atoms with Gasteiger partial charge in [-0.1, -0.05) is 22.6 Å². The molecule has 2 atom stereocenters. The molecule has 0 saturated heterocycles. The van der Waals surface area contributed by atoms with Gasteiger partial charge in [-0.15, -0.1) is 0 Å². The first kappa shape index (κ1) is 13.0. The molecule has 0 spiro atoms. The Morgan fingerprint density at radius 2 is 1.77 bits per heavy atom. The van der Waals surface area contributed by atoms with Gasteiger partial charge in [-0.3, -0.25) is 0 Å². The minimum Gasteiger partial charge on any atom is -0.430 e. The van der Waals surface area contributed by atoms with Gasteiger partial charge in [0.15, 0.2) is 0 Å². The van der Waals surface area contributed by atoms with E-state index in [4.69, 9.17) is 9.47 Å². The molecule has 0 aliphatic rings. The van der Waals surface area contributed by atoms with Gasteiger partial charge < -0.3 is 9.47 Å². The van der Waals surface area contributed by atoms with Crippen molar-refractivity contribution >= 4 is 28.7 Å². The van der Waals surface area contributed by atoms with Crippen molar-refractivity contribution in [1.82, 2.24) is 0 Å². The molecular formula is C9H17IO3. The summed E-state index contributed by atoms with van der Waals surface area (Å²) < 4.78 is 10.3. The highest BCUT2D eigenvalue weighted by molar-refractivity contribution is 14.1. The standard InChI is InChI=1S/C9H17IO3/c1-6(10)7(2)12-8(11)13-9(3,4)5/h6-7H,1-5H3. The van der Waals surface area contributed by atoms with Crippen molar-refractivity contribution in [2.75, 3.05) is 0 Å². The molecule has 4 heteroatoms. The van der Waals surface area contributed by atoms with Gasteiger partial charge in [-0.05, 0) is 34.6 Å². The molecule has 3 nitrogen and oxygen atoms in total. The van der Waals surface area contributed by atoms with Crippen molar-refractivity contribution in [2.45, 2.75) is 50.2 Å². The van der Waals surface area contributed by atoms with E-state index < -0.39 is 11.8 Å². The first-order valence-corrected chi connectivity index (χ1v) is 5.50. The largest absolute Gasteiger partial charge is 0.509 e. The Balaban J connectivity index is 3.89. The number of ether oxygens (including phenoxy) is 2. The van der Waals surface area contributed by atoms with E-state index in [1.54, 1.807) is 0 Å². The van der Waals surface area contributed by atoms with Crippen LogP contribution >= 0.6 is 22.6 Å². The monoisotopic (exact) mass is 300 g/mol. The molecule has 0 saturated carbocycles. The Bertz CT molecular complexity index is 172. The summed E-state index contributed by atoms with van der Waals surface area (Å²) in [5.41, 5.74) is -0.481. The lowest BCUT2D eigenvalue weighted by molar-refractivity contribution is -0.0220. The van der Waals surface area contributed by atoms with Crippen LogP contribution in [0.1, 0.15) is 34.6 Å². The summed E-state index contributed by atoms with van der Waals surface area (Å²) in [5, 5.41) is 0. The van der Waals surface area contributed by atoms with Crippen LogP contribution in [0.2, 0.25) is 0 Å². The third kappa shape index (κ3) is 7.10. The first-order valence-electron chi connectivity index (χ1n) is 4.26. The third-order valence-electron chi connectivity index (χ3n) is 1.32. The van der Waals surface area contributed by atoms with Crippen molar-refractivity contribution in [3.05, 3.63) is 0 Å². The minimum absolute atomic E-state index is 0.115. The van der Waals surface area contributed by atoms with Gasteiger partial charge in [0.2, 0.25) is 0 Å². The second-order valence-corrected chi connectivity index (χ2v) is 5.93. The average Bonchev–Trinajstić information content (AvgIpc) is 1.81. The molecule has 0 fully saturated rings. The Hall–Kier alpha value is 0. The number of hydrogen-bond acceptors (Lipinski definition) is 3. The van der Waals surface area contributed by atoms with Gasteiger partial charge in [0.05, 0.1) is 0 Å². The zero-order valence-corrected chi connectivity index (χ0v) is 10.9. The smallest absolute Gasteiger partial charge is 0.430 e. The van der Waals surface area contributed by atoms with Crippen LogP contribution in [0.5, 0.6) is 0 Å². The summed E-state index contributed by atoms with van der Waals surface area (Å²) in [4.78, 5) is 11.1. The van der Waals surface area contributed by atoms with Crippen molar-refractivity contribution in [2.24, 2.45) is 0 Å². The van der Waals surface area contributed by atoms with Gasteiger partial charge in [-0.2, -0.15) is 0 Å². The molecular weight excluding hydrogens is 283 g/mol. The second kappa shape index (κ2) is 5.02. The average molecular weight is 300 g/mol. The predicted molar refractivity (Wildman–Crippen MR) is 60.3 cm³/mol. The Kier molecular flexibility index (Phi) is 5.02. The number of carbonyl (C=O) groups is 1. The Morgan fingerprint density at radius 3 is 2.08 bits per heavy atom. The Morgan fingerprint density at radius 1 is 1.31 bits per heavy atom. The molecule has 2 unspecified atom stereocenters. The van der Waals surface area contributed by atoms with Crippen molar-refractivity contribution in [3.63, 3.8) is 0 Å². The quantitative estimate of drug-likeness (QED) is 0.446. The molecule has 0 amide bonds. The van der Waals surface area contributed by atoms with Crippen LogP contribution in [0, 0.1) is 0 Å². The summed E-state index contributed by atoms with van der Waals surface area (Å²) in [5.74, 6) is 0. The molecule has 13 heavy (non-hydrogen) atoms. The topological polar surface area (TPSA) is 35.5 Å². The van der Waals surface area contributed by atoms with E-state index in [-0.39, 0.29) is 10.0 Å². The van der Waals surface area contributed by atoms with Crippen LogP contribution in [0.4, 0.5) is 4.79 Å². The number of rotatable bonds is 2. The maximum Gasteiger partial charge on any atom is 0.509 e. The summed E-state index contributed by atoms with van der Waals surface area (Å²) in [6.07, 6.45) is -0.709. The second-order valence-electron chi connectivity index (χ2n) is 3.96. The maximum absolute atomic E-state index is 11.1. The summed E-state index contributed by atoms with van der Waals surface area (Å²) in [6.45, 7) is 9.27. The molecule has 0 aliphatic carbocycles. The molecule has 0 aromatic heterocycles. The third-order valence-corrected chi connectivity index (χ3v) is 2.33. The lowest BCUT2D eigenvalue weighted by atomic mass is 10.2. The summed E-state index contributed by atoms with van der Waals surface area (Å²) in [7, 11) is 0. The maximum atomic E-state index is 11.1. The van der Waals surface area contributed by atoms with Crippen LogP contribution in [-0.4, -0.2) is 21.8 Å². The highest BCUT2D eigenvalue weighted by Crippen LogP contribution is 2.13. The highest BCUT2D eigenvalue weighted by atomic mass is 127. The zero-order valence-electron chi connectivity index (χ0n) is 8.76. The van der Waals surface area contributed by atoms with E-state index in [2.05, 4.69) is 22.6 Å². The molecule has 0 aromatic rings. The van der Waals surface area contributed by atoms with Gasteiger partial charge in [0, 0.05) is 3.92 Å². The fourth-order valence-corrected chi connectivity index (χ4v) is 0.666. The van der Waals surface area contributed by atoms with Gasteiger partial charge in [0.25, 0.3) is 0 Å². The van der Waals surface area contributed by atoms with Crippen molar-refractivity contribution in [1.29, 1.82) is 0 Å². The van der Waals surface area contributed by atoms with E-state index in [1.165, 1.54) is 0 Å². The lowest BCUT2D eigenvalue weighted by Gasteiger charge is -2.21. The molecule has 0 N–H and O–H groups in total. The van der Waals surface area contributed by atoms with Crippen molar-refractivity contribution < 1.29 is 14.3 Å². The first-order chi connectivity index (χ1) is 5.72. The van der Waals surface area contributed by atoms with Gasteiger partial charge in [0.1, 0.15) is 11.7 Å². The molecule has 0 aliphatic heterocycles. The molecule has 0 rings (SSSR count). The number of halogens is 1. The molecule has 0 bridgehead atoms. The van der Waals surface area contributed by atoms with Crippen LogP contribution in [-0.2, 0) is 9.47 Å². The zero-order chi connectivity index (χ0) is 10.6. The highest BCUT2D eigenvalue weighted by Gasteiger charge is 2.20. The van der Waals surface area contributed by atoms with E-state index in [1.807, 2.05) is 34.6 Å². The van der Waals surface area contributed by atoms with E-state index >= 15 is 0 Å². The molecule has 0 aromatic carbocycles. The van der Waals surface area contributed by atoms with Crippen molar-refractivity contribution in [3.8, 4) is 0 Å². The number of hydrogen-bond donors (Lipinski definition) is 0. The van der Waals surface area contributed by atoms with E-state index in [0.29, 0.717) is 0 Å². The number of carbonyl (C=O) groups excluding carboxylic acids is 1. The summed E-state index contributed by atoms with van der Waals surface area (Å²) in [6, 6.07) is 0. The number of alkyl halides is 1. The Labute approximate surface area is 93.3 Å². The normalized spacial score (nSPS) is 16.2. The van der Waals surface area contributed by atoms with Crippen LogP contribution in [0.3, 0.4) is 0 Å². The molecule has 78 valence electrons. The van der Waals surface area contributed by atoms with Gasteiger partial charge in [-0.25, -0.2) is 4.79 Å². The minimum atomic E-state index is -0.594. The fourth-order valence-electron chi connectivity index (χ4n) is 0.520. The predicted octanol–water partition coefficient (Wildman–Crippen LogP) is 3.15. The van der Waals surface area contributed by atoms with E-state index in [0.717, 1.165) is 0 Å². The molecule has 0 heterocycles. The molecule has 0 radical (unpaired) electrons. The fraction of sp³-hybridized carbons (Fsp3) is 0.889. The van der Waals surface area contributed by atoms with Gasteiger partial charge >= 0.3 is 6.16 Å². The van der Waals surface area contributed by atoms with Crippen LogP contribution in [0.15, 0.2) is 0 Å². The van der Waals surface area contributed by atoms with Crippen LogP contribution < -0.4 is 0 Å². The van der Waals surface area contributed by atoms with E-state index in [9.17, 15) is 4.79 Å².